The largest absolute Gasteiger partial charge is 0.392 e. The van der Waals surface area contributed by atoms with Gasteiger partial charge in [-0.15, -0.1) is 0 Å². The Hall–Kier alpha value is -0.320. The molecular formula is C25H41NO7. The molecule has 6 fully saturated rings. The fraction of sp³-hybridized carbons (Fsp3) is 1.00. The molecule has 0 aromatic rings. The van der Waals surface area contributed by atoms with E-state index >= 15 is 0 Å². The van der Waals surface area contributed by atoms with Crippen molar-refractivity contribution in [3.05, 3.63) is 0 Å². The third-order valence-electron chi connectivity index (χ3n) is 11.5. The van der Waals surface area contributed by atoms with Crippen molar-refractivity contribution in [1.82, 2.24) is 4.90 Å². The Morgan fingerprint density at radius 3 is 2.42 bits per heavy atom. The summed E-state index contributed by atoms with van der Waals surface area (Å²) in [5.41, 5.74) is -3.82. The quantitative estimate of drug-likeness (QED) is 0.512. The van der Waals surface area contributed by atoms with E-state index in [2.05, 4.69) is 11.8 Å². The lowest BCUT2D eigenvalue weighted by Gasteiger charge is -2.69. The van der Waals surface area contributed by atoms with E-state index in [4.69, 9.17) is 18.9 Å². The van der Waals surface area contributed by atoms with E-state index in [1.807, 2.05) is 0 Å². The first kappa shape index (κ1) is 23.1. The van der Waals surface area contributed by atoms with Crippen molar-refractivity contribution in [1.29, 1.82) is 0 Å². The minimum Gasteiger partial charge on any atom is -0.392 e. The molecule has 3 N–H and O–H groups in total. The van der Waals surface area contributed by atoms with Gasteiger partial charge in [0.2, 0.25) is 0 Å². The molecule has 13 atom stereocenters. The highest BCUT2D eigenvalue weighted by Crippen LogP contribution is 2.80. The standard InChI is InChI=1S/C25H41NO7/c1-6-26-11-22(12-30-2)8-7-16(27)24-14-9-13-15(31-3)10-23(28,17(14)18(13)32-4)25(29,21(24)26)20(33-5)19(22)24/h13-21,27-29H,6-12H2,1-5H3/t13-,14+,15-,16?,17+,18-,19+,20-,21?,22-,23+,24?,25?/m0/s1. The summed E-state index contributed by atoms with van der Waals surface area (Å²) in [7, 11) is 6.79. The molecule has 0 amide bonds. The highest BCUT2D eigenvalue weighted by molar-refractivity contribution is 5.41. The van der Waals surface area contributed by atoms with Crippen molar-refractivity contribution in [3.8, 4) is 0 Å². The highest BCUT2D eigenvalue weighted by Gasteiger charge is 2.91. The lowest BCUT2D eigenvalue weighted by Crippen LogP contribution is -2.82. The first-order valence-corrected chi connectivity index (χ1v) is 12.7. The number of methoxy groups -OCH3 is 4. The molecule has 0 aromatic heterocycles. The van der Waals surface area contributed by atoms with Crippen molar-refractivity contribution < 1.29 is 34.3 Å². The average molecular weight is 468 g/mol. The van der Waals surface area contributed by atoms with Crippen LogP contribution < -0.4 is 0 Å². The molecule has 33 heavy (non-hydrogen) atoms. The zero-order valence-corrected chi connectivity index (χ0v) is 20.6. The van der Waals surface area contributed by atoms with Crippen LogP contribution in [0.2, 0.25) is 0 Å². The summed E-state index contributed by atoms with van der Waals surface area (Å²) in [5, 5.41) is 37.6. The summed E-state index contributed by atoms with van der Waals surface area (Å²) in [6.07, 6.45) is 1.06. The first-order chi connectivity index (χ1) is 15.8. The third kappa shape index (κ3) is 2.20. The number of ether oxygens (including phenoxy) is 4. The molecule has 1 heterocycles. The van der Waals surface area contributed by atoms with E-state index in [1.165, 1.54) is 0 Å². The van der Waals surface area contributed by atoms with Crippen molar-refractivity contribution in [2.45, 2.75) is 74.3 Å². The van der Waals surface area contributed by atoms with Crippen LogP contribution in [0.3, 0.4) is 0 Å². The topological polar surface area (TPSA) is 101 Å². The Labute approximate surface area is 196 Å². The van der Waals surface area contributed by atoms with Crippen LogP contribution in [0.1, 0.15) is 32.6 Å². The number of nitrogens with zero attached hydrogens (tertiary/aromatic N) is 1. The van der Waals surface area contributed by atoms with E-state index in [9.17, 15) is 15.3 Å². The first-order valence-electron chi connectivity index (χ1n) is 12.7. The van der Waals surface area contributed by atoms with Gasteiger partial charge in [-0.2, -0.15) is 0 Å². The predicted octanol–water partition coefficient (Wildman–Crippen LogP) is 0.271. The highest BCUT2D eigenvalue weighted by atomic mass is 16.5. The maximum absolute atomic E-state index is 12.9. The minimum atomic E-state index is -1.55. The van der Waals surface area contributed by atoms with E-state index in [0.717, 1.165) is 25.9 Å². The molecule has 5 saturated carbocycles. The van der Waals surface area contributed by atoms with Crippen LogP contribution in [0.15, 0.2) is 0 Å². The second-order valence-electron chi connectivity index (χ2n) is 11.9. The number of fused-ring (bicyclic) bond motifs is 2. The SMILES string of the molecule is CCN1C[C@]2(COC)CCC(O)C34C1C(O)([C@@H](OC)[C@@H]32)[C@@]1(O)C[C@H](OC)[C@@H]2C[C@@H]4[C@@H]1[C@H]2OC. The molecule has 8 nitrogen and oxygen atoms in total. The van der Waals surface area contributed by atoms with Crippen molar-refractivity contribution in [3.63, 3.8) is 0 Å². The van der Waals surface area contributed by atoms with Crippen LogP contribution >= 0.6 is 0 Å². The zero-order valence-electron chi connectivity index (χ0n) is 20.6. The molecule has 0 radical (unpaired) electrons. The van der Waals surface area contributed by atoms with Gasteiger partial charge in [-0.1, -0.05) is 6.92 Å². The Morgan fingerprint density at radius 1 is 1.06 bits per heavy atom. The molecular weight excluding hydrogens is 426 g/mol. The second kappa shape index (κ2) is 7.13. The third-order valence-corrected chi connectivity index (χ3v) is 11.5. The number of likely N-dealkylation sites (tertiary alicyclic amines) is 1. The maximum atomic E-state index is 12.9. The van der Waals surface area contributed by atoms with Gasteiger partial charge in [0, 0.05) is 70.0 Å². The molecule has 6 aliphatic rings. The maximum Gasteiger partial charge on any atom is 0.136 e. The molecule has 8 heteroatoms. The number of aliphatic hydroxyl groups is 3. The number of hydrogen-bond donors (Lipinski definition) is 3. The Kier molecular flexibility index (Phi) is 4.99. The summed E-state index contributed by atoms with van der Waals surface area (Å²) in [4.78, 5) is 2.33. The molecule has 5 aliphatic carbocycles. The number of piperidine rings is 1. The summed E-state index contributed by atoms with van der Waals surface area (Å²) in [5.74, 6) is -0.231. The zero-order chi connectivity index (χ0) is 23.6. The number of rotatable bonds is 6. The second-order valence-corrected chi connectivity index (χ2v) is 11.9. The van der Waals surface area contributed by atoms with Gasteiger partial charge < -0.3 is 34.3 Å². The normalized spacial score (nSPS) is 60.9. The summed E-state index contributed by atoms with van der Waals surface area (Å²) < 4.78 is 24.0. The van der Waals surface area contributed by atoms with Crippen molar-refractivity contribution in [2.24, 2.45) is 34.5 Å². The van der Waals surface area contributed by atoms with Gasteiger partial charge in [0.1, 0.15) is 11.2 Å². The van der Waals surface area contributed by atoms with Gasteiger partial charge in [-0.05, 0) is 31.7 Å². The van der Waals surface area contributed by atoms with E-state index in [-0.39, 0.29) is 47.3 Å². The van der Waals surface area contributed by atoms with Crippen LogP contribution in [-0.4, -0.2) is 110 Å². The monoisotopic (exact) mass is 467 g/mol. The molecule has 7 bridgehead atoms. The predicted molar refractivity (Wildman–Crippen MR) is 119 cm³/mol. The minimum absolute atomic E-state index is 0.00825. The van der Waals surface area contributed by atoms with E-state index < -0.39 is 28.8 Å². The van der Waals surface area contributed by atoms with E-state index in [1.54, 1.807) is 28.4 Å². The Bertz CT molecular complexity index is 814. The fourth-order valence-corrected chi connectivity index (χ4v) is 11.0. The Balaban J connectivity index is 1.67. The van der Waals surface area contributed by atoms with Crippen molar-refractivity contribution in [2.75, 3.05) is 48.1 Å². The van der Waals surface area contributed by atoms with Crippen LogP contribution in [-0.2, 0) is 18.9 Å². The molecule has 188 valence electrons. The van der Waals surface area contributed by atoms with Crippen LogP contribution in [0, 0.1) is 34.5 Å². The fourth-order valence-electron chi connectivity index (χ4n) is 11.0. The number of hydrogen-bond acceptors (Lipinski definition) is 8. The molecule has 0 aromatic carbocycles. The van der Waals surface area contributed by atoms with Crippen molar-refractivity contribution >= 4 is 0 Å². The molecule has 1 saturated heterocycles. The molecule has 1 spiro atoms. The number of likely N-dealkylation sites (N-methyl/N-ethyl adjacent to an activating group) is 1. The van der Waals surface area contributed by atoms with Gasteiger partial charge in [0.05, 0.1) is 37.1 Å². The molecule has 4 unspecified atom stereocenters. The van der Waals surface area contributed by atoms with Gasteiger partial charge in [-0.25, -0.2) is 0 Å². The summed E-state index contributed by atoms with van der Waals surface area (Å²) in [6.45, 7) is 4.18. The average Bonchev–Trinajstić information content (AvgIpc) is 3.22. The molecule has 6 rings (SSSR count). The van der Waals surface area contributed by atoms with Crippen LogP contribution in [0.4, 0.5) is 0 Å². The number of aliphatic hydroxyl groups excluding tert-OH is 1. The Morgan fingerprint density at radius 2 is 1.82 bits per heavy atom. The van der Waals surface area contributed by atoms with Gasteiger partial charge in [-0.3, -0.25) is 4.90 Å². The summed E-state index contributed by atoms with van der Waals surface area (Å²) >= 11 is 0. The van der Waals surface area contributed by atoms with Gasteiger partial charge >= 0.3 is 0 Å². The van der Waals surface area contributed by atoms with Crippen LogP contribution in [0.25, 0.3) is 0 Å². The van der Waals surface area contributed by atoms with Gasteiger partial charge in [0.15, 0.2) is 0 Å². The van der Waals surface area contributed by atoms with Gasteiger partial charge in [0.25, 0.3) is 0 Å². The summed E-state index contributed by atoms with van der Waals surface area (Å²) in [6, 6.07) is -0.386. The van der Waals surface area contributed by atoms with E-state index in [0.29, 0.717) is 19.4 Å². The molecule has 1 aliphatic heterocycles. The lowest BCUT2D eigenvalue weighted by atomic mass is 9.42. The smallest absolute Gasteiger partial charge is 0.136 e. The lowest BCUT2D eigenvalue weighted by molar-refractivity contribution is -0.318. The van der Waals surface area contributed by atoms with Crippen LogP contribution in [0.5, 0.6) is 0 Å².